The van der Waals surface area contributed by atoms with Gasteiger partial charge in [0, 0.05) is 29.9 Å². The maximum atomic E-state index is 10.8. The Morgan fingerprint density at radius 3 is 2.80 bits per heavy atom. The lowest BCUT2D eigenvalue weighted by Crippen LogP contribution is -2.36. The Morgan fingerprint density at radius 1 is 1.60 bits per heavy atom. The van der Waals surface area contributed by atoms with Gasteiger partial charge < -0.3 is 16.8 Å². The van der Waals surface area contributed by atoms with Crippen molar-refractivity contribution in [3.05, 3.63) is 18.3 Å². The molecule has 0 saturated heterocycles. The van der Waals surface area contributed by atoms with Gasteiger partial charge in [-0.2, -0.15) is 0 Å². The van der Waals surface area contributed by atoms with E-state index in [4.69, 9.17) is 11.5 Å². The first-order chi connectivity index (χ1) is 6.89. The summed E-state index contributed by atoms with van der Waals surface area (Å²) < 4.78 is 0. The average molecular weight is 208 g/mol. The van der Waals surface area contributed by atoms with Gasteiger partial charge in [-0.1, -0.05) is 0 Å². The fourth-order valence-corrected chi connectivity index (χ4v) is 1.34. The molecular weight excluding hydrogens is 192 g/mol. The molecule has 82 valence electrons. The zero-order valence-electron chi connectivity index (χ0n) is 8.95. The summed E-state index contributed by atoms with van der Waals surface area (Å²) in [6.07, 6.45) is 1.85. The number of hydrogen-bond acceptors (Lipinski definition) is 4. The van der Waals surface area contributed by atoms with Gasteiger partial charge in [0.15, 0.2) is 0 Å². The highest BCUT2D eigenvalue weighted by atomic mass is 16.1. The van der Waals surface area contributed by atoms with E-state index in [9.17, 15) is 4.79 Å². The van der Waals surface area contributed by atoms with Crippen LogP contribution in [0, 0.1) is 0 Å². The number of aromatic nitrogens is 1. The van der Waals surface area contributed by atoms with E-state index < -0.39 is 5.54 Å². The minimum absolute atomic E-state index is 0.240. The van der Waals surface area contributed by atoms with Crippen molar-refractivity contribution in [1.29, 1.82) is 0 Å². The lowest BCUT2D eigenvalue weighted by Gasteiger charge is -2.25. The molecule has 5 nitrogen and oxygen atoms in total. The number of pyridine rings is 1. The molecule has 1 aromatic heterocycles. The Labute approximate surface area is 88.9 Å². The van der Waals surface area contributed by atoms with Crippen LogP contribution < -0.4 is 16.8 Å². The Hall–Kier alpha value is -1.78. The molecule has 5 heteroatoms. The zero-order chi connectivity index (χ0) is 11.5. The minimum atomic E-state index is -0.424. The molecule has 0 spiro atoms. The van der Waals surface area contributed by atoms with E-state index in [1.165, 1.54) is 0 Å². The number of nitrogens with two attached hydrogens (primary N) is 2. The van der Waals surface area contributed by atoms with E-state index in [-0.39, 0.29) is 12.3 Å². The minimum Gasteiger partial charge on any atom is -0.399 e. The van der Waals surface area contributed by atoms with Crippen LogP contribution in [0.4, 0.5) is 11.5 Å². The van der Waals surface area contributed by atoms with E-state index in [0.717, 1.165) is 0 Å². The van der Waals surface area contributed by atoms with E-state index >= 15 is 0 Å². The van der Waals surface area contributed by atoms with E-state index in [1.807, 2.05) is 13.8 Å². The molecule has 0 aromatic carbocycles. The second kappa shape index (κ2) is 4.16. The Balaban J connectivity index is 2.72. The van der Waals surface area contributed by atoms with Crippen LogP contribution in [0.1, 0.15) is 20.3 Å². The summed E-state index contributed by atoms with van der Waals surface area (Å²) in [5.41, 5.74) is 10.9. The maximum Gasteiger partial charge on any atom is 0.219 e. The molecule has 0 saturated carbocycles. The molecule has 0 unspecified atom stereocenters. The quantitative estimate of drug-likeness (QED) is 0.679. The summed E-state index contributed by atoms with van der Waals surface area (Å²) >= 11 is 0. The van der Waals surface area contributed by atoms with E-state index in [0.29, 0.717) is 11.5 Å². The molecule has 1 amide bonds. The van der Waals surface area contributed by atoms with Crippen molar-refractivity contribution in [2.45, 2.75) is 25.8 Å². The molecule has 0 bridgehead atoms. The van der Waals surface area contributed by atoms with Crippen molar-refractivity contribution in [1.82, 2.24) is 4.98 Å². The van der Waals surface area contributed by atoms with Crippen LogP contribution >= 0.6 is 0 Å². The average Bonchev–Trinajstić information content (AvgIpc) is 1.99. The zero-order valence-corrected chi connectivity index (χ0v) is 8.95. The Bertz CT molecular complexity index is 362. The monoisotopic (exact) mass is 208 g/mol. The molecule has 0 atom stereocenters. The molecule has 5 N–H and O–H groups in total. The van der Waals surface area contributed by atoms with Crippen LogP contribution in [0.3, 0.4) is 0 Å². The molecule has 15 heavy (non-hydrogen) atoms. The van der Waals surface area contributed by atoms with Crippen LogP contribution in [0.25, 0.3) is 0 Å². The molecule has 0 fully saturated rings. The van der Waals surface area contributed by atoms with Crippen LogP contribution in [0.2, 0.25) is 0 Å². The van der Waals surface area contributed by atoms with Crippen LogP contribution in [-0.4, -0.2) is 16.4 Å². The number of anilines is 2. The third kappa shape index (κ3) is 3.84. The number of carbonyl (C=O) groups is 1. The molecule has 1 heterocycles. The highest BCUT2D eigenvalue weighted by Gasteiger charge is 2.20. The second-order valence-corrected chi connectivity index (χ2v) is 4.13. The number of nitrogen functional groups attached to an aromatic ring is 1. The number of rotatable bonds is 4. The molecule has 0 radical (unpaired) electrons. The van der Waals surface area contributed by atoms with Gasteiger partial charge >= 0.3 is 0 Å². The second-order valence-electron chi connectivity index (χ2n) is 4.13. The summed E-state index contributed by atoms with van der Waals surface area (Å²) in [5, 5.41) is 3.10. The van der Waals surface area contributed by atoms with Crippen LogP contribution in [0.5, 0.6) is 0 Å². The predicted octanol–water partition coefficient (Wildman–Crippen LogP) is 0.730. The van der Waals surface area contributed by atoms with Crippen molar-refractivity contribution in [3.8, 4) is 0 Å². The van der Waals surface area contributed by atoms with Gasteiger partial charge in [-0.3, -0.25) is 4.79 Å². The lowest BCUT2D eigenvalue weighted by atomic mass is 10.0. The molecule has 0 aliphatic carbocycles. The largest absolute Gasteiger partial charge is 0.399 e. The number of nitrogens with zero attached hydrogens (tertiary/aromatic N) is 1. The van der Waals surface area contributed by atoms with Gasteiger partial charge in [-0.05, 0) is 19.9 Å². The van der Waals surface area contributed by atoms with Crippen molar-refractivity contribution < 1.29 is 4.79 Å². The smallest absolute Gasteiger partial charge is 0.219 e. The van der Waals surface area contributed by atoms with Crippen molar-refractivity contribution in [3.63, 3.8) is 0 Å². The van der Waals surface area contributed by atoms with Gasteiger partial charge in [-0.25, -0.2) is 4.98 Å². The number of hydrogen-bond donors (Lipinski definition) is 3. The highest BCUT2D eigenvalue weighted by Crippen LogP contribution is 2.17. The van der Waals surface area contributed by atoms with Crippen LogP contribution in [-0.2, 0) is 4.79 Å². The first-order valence-electron chi connectivity index (χ1n) is 4.67. The Kier molecular flexibility index (Phi) is 3.14. The van der Waals surface area contributed by atoms with Crippen molar-refractivity contribution >= 4 is 17.4 Å². The van der Waals surface area contributed by atoms with Gasteiger partial charge in [0.2, 0.25) is 5.91 Å². The van der Waals surface area contributed by atoms with Gasteiger partial charge in [-0.15, -0.1) is 0 Å². The SMILES string of the molecule is CC(C)(CC(N)=O)Nc1cc(N)ccn1. The molecule has 1 rings (SSSR count). The summed E-state index contributed by atoms with van der Waals surface area (Å²) in [5.74, 6) is 0.289. The van der Waals surface area contributed by atoms with Crippen molar-refractivity contribution in [2.75, 3.05) is 11.1 Å². The molecule has 1 aromatic rings. The molecular formula is C10H16N4O. The summed E-state index contributed by atoms with van der Waals surface area (Å²) in [6.45, 7) is 3.76. The van der Waals surface area contributed by atoms with E-state index in [2.05, 4.69) is 10.3 Å². The van der Waals surface area contributed by atoms with Crippen LogP contribution in [0.15, 0.2) is 18.3 Å². The molecule has 0 aliphatic heterocycles. The fraction of sp³-hybridized carbons (Fsp3) is 0.400. The van der Waals surface area contributed by atoms with Gasteiger partial charge in [0.1, 0.15) is 5.82 Å². The van der Waals surface area contributed by atoms with Crippen molar-refractivity contribution in [2.24, 2.45) is 5.73 Å². The fourth-order valence-electron chi connectivity index (χ4n) is 1.34. The topological polar surface area (TPSA) is 94.0 Å². The number of carbonyl (C=O) groups excluding carboxylic acids is 1. The normalized spacial score (nSPS) is 11.1. The van der Waals surface area contributed by atoms with E-state index in [1.54, 1.807) is 18.3 Å². The lowest BCUT2D eigenvalue weighted by molar-refractivity contribution is -0.118. The highest BCUT2D eigenvalue weighted by molar-refractivity contribution is 5.75. The predicted molar refractivity (Wildman–Crippen MR) is 60.2 cm³/mol. The number of amides is 1. The summed E-state index contributed by atoms with van der Waals surface area (Å²) in [4.78, 5) is 14.9. The summed E-state index contributed by atoms with van der Waals surface area (Å²) in [7, 11) is 0. The Morgan fingerprint density at radius 2 is 2.27 bits per heavy atom. The number of primary amides is 1. The van der Waals surface area contributed by atoms with Gasteiger partial charge in [0.05, 0.1) is 0 Å². The third-order valence-corrected chi connectivity index (χ3v) is 1.87. The first-order valence-corrected chi connectivity index (χ1v) is 4.67. The number of nitrogens with one attached hydrogen (secondary N) is 1. The first kappa shape index (κ1) is 11.3. The molecule has 0 aliphatic rings. The third-order valence-electron chi connectivity index (χ3n) is 1.87. The van der Waals surface area contributed by atoms with Gasteiger partial charge in [0.25, 0.3) is 0 Å². The maximum absolute atomic E-state index is 10.8. The summed E-state index contributed by atoms with van der Waals surface area (Å²) in [6, 6.07) is 3.41. The standard InChI is InChI=1S/C10H16N4O/c1-10(2,6-8(12)15)14-9-5-7(11)3-4-13-9/h3-5H,6H2,1-2H3,(H2,12,15)(H3,11,13,14).